The van der Waals surface area contributed by atoms with Crippen molar-refractivity contribution in [1.29, 1.82) is 0 Å². The van der Waals surface area contributed by atoms with Crippen LogP contribution in [-0.2, 0) is 11.2 Å². The number of carbonyl (C=O) groups excluding carboxylic acids is 1. The van der Waals surface area contributed by atoms with E-state index in [-0.39, 0.29) is 11.8 Å². The fourth-order valence-electron chi connectivity index (χ4n) is 3.54. The lowest BCUT2D eigenvalue weighted by molar-refractivity contribution is -0.117. The summed E-state index contributed by atoms with van der Waals surface area (Å²) in [5, 5.41) is 6.55. The molecule has 4 nitrogen and oxygen atoms in total. The van der Waals surface area contributed by atoms with Crippen molar-refractivity contribution in [3.63, 3.8) is 0 Å². The number of rotatable bonds is 9. The van der Waals surface area contributed by atoms with Gasteiger partial charge in [0.05, 0.1) is 5.92 Å². The van der Waals surface area contributed by atoms with Crippen LogP contribution in [0, 0.1) is 11.8 Å². The summed E-state index contributed by atoms with van der Waals surface area (Å²) in [5.41, 5.74) is 10.6. The Bertz CT molecular complexity index is 1050. The molecule has 0 saturated heterocycles. The van der Waals surface area contributed by atoms with Gasteiger partial charge < -0.3 is 16.4 Å². The van der Waals surface area contributed by atoms with Crippen molar-refractivity contribution in [2.24, 2.45) is 5.73 Å². The van der Waals surface area contributed by atoms with Crippen LogP contribution in [0.2, 0.25) is 0 Å². The molecule has 4 heteroatoms. The summed E-state index contributed by atoms with van der Waals surface area (Å²) in [4.78, 5) is 13.1. The highest BCUT2D eigenvalue weighted by Gasteiger charge is 2.20. The van der Waals surface area contributed by atoms with Gasteiger partial charge in [0.25, 0.3) is 0 Å². The van der Waals surface area contributed by atoms with Gasteiger partial charge in [-0.25, -0.2) is 0 Å². The number of anilines is 2. The van der Waals surface area contributed by atoms with Gasteiger partial charge in [0.1, 0.15) is 0 Å². The smallest absolute Gasteiger partial charge is 0.231 e. The minimum absolute atomic E-state index is 0.0442. The van der Waals surface area contributed by atoms with Crippen LogP contribution in [0.4, 0.5) is 11.4 Å². The van der Waals surface area contributed by atoms with E-state index in [1.165, 1.54) is 0 Å². The number of hydrogen-bond donors (Lipinski definition) is 3. The molecule has 32 heavy (non-hydrogen) atoms. The van der Waals surface area contributed by atoms with Crippen LogP contribution in [0.3, 0.4) is 0 Å². The first-order valence-electron chi connectivity index (χ1n) is 11.2. The zero-order chi connectivity index (χ0) is 22.6. The zero-order valence-electron chi connectivity index (χ0n) is 18.6. The molecule has 0 aromatic heterocycles. The molecule has 0 bridgehead atoms. The Morgan fingerprint density at radius 1 is 1.00 bits per heavy atom. The maximum absolute atomic E-state index is 13.1. The monoisotopic (exact) mass is 425 g/mol. The van der Waals surface area contributed by atoms with Gasteiger partial charge >= 0.3 is 0 Å². The van der Waals surface area contributed by atoms with Crippen molar-refractivity contribution in [3.8, 4) is 11.8 Å². The first-order chi connectivity index (χ1) is 15.7. The molecule has 0 aliphatic carbocycles. The average Bonchev–Trinajstić information content (AvgIpc) is 2.83. The van der Waals surface area contributed by atoms with Crippen molar-refractivity contribution < 1.29 is 4.79 Å². The van der Waals surface area contributed by atoms with Crippen molar-refractivity contribution in [3.05, 3.63) is 95.6 Å². The second kappa shape index (κ2) is 12.3. The van der Waals surface area contributed by atoms with Crippen molar-refractivity contribution in [2.45, 2.75) is 32.1 Å². The van der Waals surface area contributed by atoms with Crippen LogP contribution in [0.5, 0.6) is 0 Å². The minimum atomic E-state index is -0.277. The first-order valence-corrected chi connectivity index (χ1v) is 11.2. The maximum Gasteiger partial charge on any atom is 0.231 e. The lowest BCUT2D eigenvalue weighted by Gasteiger charge is -2.18. The molecular weight excluding hydrogens is 394 g/mol. The van der Waals surface area contributed by atoms with Gasteiger partial charge in [0.2, 0.25) is 5.91 Å². The molecule has 0 aliphatic rings. The standard InChI is InChI=1S/C28H31N3O/c1-2-20-30-27-17-16-25(21-24(27)15-9-12-22-10-5-3-6-11-22)31-28(32)26(18-19-29)23-13-7-4-8-14-23/h3-8,10-11,13-14,16-17,21,26,30H,2,15,18-20,29H2,1H3,(H,31,32). The number of nitrogens with two attached hydrogens (primary N) is 1. The van der Waals surface area contributed by atoms with Gasteiger partial charge in [-0.15, -0.1) is 0 Å². The molecule has 0 spiro atoms. The van der Waals surface area contributed by atoms with E-state index in [9.17, 15) is 4.79 Å². The topological polar surface area (TPSA) is 67.1 Å². The molecule has 3 aromatic carbocycles. The van der Waals surface area contributed by atoms with Gasteiger partial charge in [0, 0.05) is 29.9 Å². The third-order valence-electron chi connectivity index (χ3n) is 5.20. The predicted octanol–water partition coefficient (Wildman–Crippen LogP) is 5.17. The highest BCUT2D eigenvalue weighted by atomic mass is 16.1. The molecule has 164 valence electrons. The van der Waals surface area contributed by atoms with E-state index in [1.807, 2.05) is 78.9 Å². The minimum Gasteiger partial charge on any atom is -0.385 e. The molecule has 1 amide bonds. The molecule has 1 atom stereocenters. The Kier molecular flexibility index (Phi) is 8.92. The summed E-state index contributed by atoms with van der Waals surface area (Å²) in [7, 11) is 0. The molecule has 3 aromatic rings. The summed E-state index contributed by atoms with van der Waals surface area (Å²) in [5.74, 6) is 6.16. The zero-order valence-corrected chi connectivity index (χ0v) is 18.6. The van der Waals surface area contributed by atoms with Crippen LogP contribution in [-0.4, -0.2) is 19.0 Å². The summed E-state index contributed by atoms with van der Waals surface area (Å²) in [6, 6.07) is 25.7. The molecular formula is C28H31N3O. The number of nitrogens with one attached hydrogen (secondary N) is 2. The predicted molar refractivity (Wildman–Crippen MR) is 134 cm³/mol. The number of carbonyl (C=O) groups is 1. The molecule has 0 heterocycles. The summed E-state index contributed by atoms with van der Waals surface area (Å²) in [6.45, 7) is 3.47. The number of benzene rings is 3. The van der Waals surface area contributed by atoms with E-state index in [0.29, 0.717) is 19.4 Å². The van der Waals surface area contributed by atoms with E-state index in [0.717, 1.165) is 41.0 Å². The van der Waals surface area contributed by atoms with Crippen molar-refractivity contribution in [1.82, 2.24) is 0 Å². The van der Waals surface area contributed by atoms with Gasteiger partial charge in [-0.05, 0) is 60.8 Å². The molecule has 4 N–H and O–H groups in total. The van der Waals surface area contributed by atoms with Gasteiger partial charge in [0.15, 0.2) is 0 Å². The van der Waals surface area contributed by atoms with E-state index >= 15 is 0 Å². The molecule has 0 fully saturated rings. The van der Waals surface area contributed by atoms with Crippen LogP contribution >= 0.6 is 0 Å². The highest BCUT2D eigenvalue weighted by Crippen LogP contribution is 2.25. The fourth-order valence-corrected chi connectivity index (χ4v) is 3.54. The third-order valence-corrected chi connectivity index (χ3v) is 5.20. The van der Waals surface area contributed by atoms with Crippen LogP contribution in [0.25, 0.3) is 0 Å². The normalized spacial score (nSPS) is 11.2. The van der Waals surface area contributed by atoms with Crippen LogP contribution in [0.1, 0.15) is 42.4 Å². The summed E-state index contributed by atoms with van der Waals surface area (Å²) < 4.78 is 0. The van der Waals surface area contributed by atoms with Crippen LogP contribution in [0.15, 0.2) is 78.9 Å². The molecule has 3 rings (SSSR count). The Morgan fingerprint density at radius 2 is 1.72 bits per heavy atom. The van der Waals surface area contributed by atoms with E-state index in [4.69, 9.17) is 5.73 Å². The molecule has 0 aliphatic heterocycles. The third kappa shape index (κ3) is 6.73. The lowest BCUT2D eigenvalue weighted by Crippen LogP contribution is -2.23. The number of amides is 1. The summed E-state index contributed by atoms with van der Waals surface area (Å²) >= 11 is 0. The van der Waals surface area contributed by atoms with E-state index in [1.54, 1.807) is 0 Å². The number of hydrogen-bond acceptors (Lipinski definition) is 3. The lowest BCUT2D eigenvalue weighted by atomic mass is 9.94. The first kappa shape index (κ1) is 23.1. The Morgan fingerprint density at radius 3 is 2.41 bits per heavy atom. The molecule has 0 saturated carbocycles. The largest absolute Gasteiger partial charge is 0.385 e. The SMILES string of the molecule is CCCNc1ccc(NC(=O)C(CCN)c2ccccc2)cc1CC#Cc1ccccc1. The van der Waals surface area contributed by atoms with Crippen LogP contribution < -0.4 is 16.4 Å². The van der Waals surface area contributed by atoms with E-state index < -0.39 is 0 Å². The molecule has 0 radical (unpaired) electrons. The van der Waals surface area contributed by atoms with Gasteiger partial charge in [-0.3, -0.25) is 4.79 Å². The average molecular weight is 426 g/mol. The van der Waals surface area contributed by atoms with Crippen molar-refractivity contribution in [2.75, 3.05) is 23.7 Å². The highest BCUT2D eigenvalue weighted by molar-refractivity contribution is 5.96. The summed E-state index contributed by atoms with van der Waals surface area (Å²) in [6.07, 6.45) is 2.22. The molecule has 1 unspecified atom stereocenters. The Labute approximate surface area is 191 Å². The van der Waals surface area contributed by atoms with Gasteiger partial charge in [-0.1, -0.05) is 67.3 Å². The maximum atomic E-state index is 13.1. The fraction of sp³-hybridized carbons (Fsp3) is 0.250. The van der Waals surface area contributed by atoms with Crippen molar-refractivity contribution >= 4 is 17.3 Å². The second-order valence-electron chi connectivity index (χ2n) is 7.67. The van der Waals surface area contributed by atoms with Gasteiger partial charge in [-0.2, -0.15) is 0 Å². The Hall–Kier alpha value is -3.55. The Balaban J connectivity index is 1.79. The quantitative estimate of drug-likeness (QED) is 0.414. The van der Waals surface area contributed by atoms with E-state index in [2.05, 4.69) is 29.4 Å². The second-order valence-corrected chi connectivity index (χ2v) is 7.67.